The molecule has 0 saturated heterocycles. The van der Waals surface area contributed by atoms with Crippen LogP contribution in [0.2, 0.25) is 0 Å². The number of rotatable bonds is 8. The van der Waals surface area contributed by atoms with Gasteiger partial charge in [0.25, 0.3) is 0 Å². The molecule has 8 heteroatoms. The molecule has 0 atom stereocenters. The summed E-state index contributed by atoms with van der Waals surface area (Å²) in [6.07, 6.45) is 2.73. The highest BCUT2D eigenvalue weighted by atomic mass is 19.3. The van der Waals surface area contributed by atoms with Crippen LogP contribution in [0.5, 0.6) is 0 Å². The zero-order valence-corrected chi connectivity index (χ0v) is 15.7. The highest BCUT2D eigenvalue weighted by Crippen LogP contribution is 2.20. The Kier molecular flexibility index (Phi) is 7.02. The Morgan fingerprint density at radius 2 is 1.96 bits per heavy atom. The monoisotopic (exact) mass is 375 g/mol. The molecule has 1 amide bonds. The minimum Gasteiger partial charge on any atom is -0.310 e. The second-order valence-electron chi connectivity index (χ2n) is 6.50. The normalized spacial score (nSPS) is 11.0. The van der Waals surface area contributed by atoms with E-state index in [2.05, 4.69) is 11.1 Å². The van der Waals surface area contributed by atoms with Crippen molar-refractivity contribution < 1.29 is 13.6 Å². The van der Waals surface area contributed by atoms with E-state index in [0.29, 0.717) is 0 Å². The summed E-state index contributed by atoms with van der Waals surface area (Å²) < 4.78 is 26.7. The number of imidazole rings is 1. The fourth-order valence-corrected chi connectivity index (χ4v) is 2.92. The van der Waals surface area contributed by atoms with Crippen LogP contribution in [-0.2, 0) is 11.3 Å². The van der Waals surface area contributed by atoms with Crippen LogP contribution >= 0.6 is 0 Å². The Labute approximate surface area is 157 Å². The van der Waals surface area contributed by atoms with Crippen molar-refractivity contribution in [2.24, 2.45) is 0 Å². The molecule has 1 aromatic carbocycles. The van der Waals surface area contributed by atoms with Crippen LogP contribution < -0.4 is 4.90 Å². The van der Waals surface area contributed by atoms with Crippen LogP contribution in [-0.4, -0.2) is 40.5 Å². The fourth-order valence-electron chi connectivity index (χ4n) is 2.92. The first kappa shape index (κ1) is 20.5. The number of carbonyl (C=O) groups is 1. The van der Waals surface area contributed by atoms with Crippen molar-refractivity contribution in [1.82, 2.24) is 14.5 Å². The van der Waals surface area contributed by atoms with Gasteiger partial charge >= 0.3 is 6.55 Å². The van der Waals surface area contributed by atoms with E-state index in [1.54, 1.807) is 16.8 Å². The van der Waals surface area contributed by atoms with E-state index in [-0.39, 0.29) is 37.8 Å². The van der Waals surface area contributed by atoms with E-state index in [1.807, 2.05) is 32.0 Å². The topological polar surface area (TPSA) is 65.2 Å². The van der Waals surface area contributed by atoms with Gasteiger partial charge < -0.3 is 4.90 Å². The molecule has 0 aliphatic rings. The Balaban J connectivity index is 2.13. The number of alkyl halides is 2. The predicted octanol–water partition coefficient (Wildman–Crippen LogP) is 3.27. The van der Waals surface area contributed by atoms with E-state index in [4.69, 9.17) is 5.26 Å². The standard InChI is InChI=1S/C19H23F2N5O/c1-14-9-15(2)11-16(10-14)25(7-4-5-22)18(27)13-24(3)12-17-23-6-8-26(17)19(20)21/h6,8-11,19H,4,7,12-13H2,1-3H3. The zero-order valence-electron chi connectivity index (χ0n) is 15.7. The molecule has 0 aliphatic heterocycles. The number of benzene rings is 1. The summed E-state index contributed by atoms with van der Waals surface area (Å²) in [5, 5.41) is 8.91. The quantitative estimate of drug-likeness (QED) is 0.710. The lowest BCUT2D eigenvalue weighted by Gasteiger charge is -2.25. The molecule has 0 aliphatic carbocycles. The molecule has 1 aromatic heterocycles. The Morgan fingerprint density at radius 3 is 2.56 bits per heavy atom. The van der Waals surface area contributed by atoms with Gasteiger partial charge in [-0.15, -0.1) is 0 Å². The highest BCUT2D eigenvalue weighted by Gasteiger charge is 2.20. The number of halogens is 2. The van der Waals surface area contributed by atoms with Gasteiger partial charge in [0.05, 0.1) is 25.6 Å². The van der Waals surface area contributed by atoms with Crippen molar-refractivity contribution in [2.75, 3.05) is 25.0 Å². The van der Waals surface area contributed by atoms with Crippen LogP contribution in [0.15, 0.2) is 30.6 Å². The molecule has 27 heavy (non-hydrogen) atoms. The molecule has 0 bridgehead atoms. The lowest BCUT2D eigenvalue weighted by atomic mass is 10.1. The van der Waals surface area contributed by atoms with Gasteiger partial charge in [-0.25, -0.2) is 4.98 Å². The number of nitriles is 1. The first-order valence-electron chi connectivity index (χ1n) is 8.56. The highest BCUT2D eigenvalue weighted by molar-refractivity contribution is 5.95. The summed E-state index contributed by atoms with van der Waals surface area (Å²) in [6, 6.07) is 7.85. The van der Waals surface area contributed by atoms with Crippen molar-refractivity contribution >= 4 is 11.6 Å². The Hall–Kier alpha value is -2.79. The molecule has 2 aromatic rings. The maximum atomic E-state index is 12.9. The first-order chi connectivity index (χ1) is 12.8. The number of carbonyl (C=O) groups excluding carboxylic acids is 1. The molecule has 0 N–H and O–H groups in total. The minimum absolute atomic E-state index is 0.0223. The predicted molar refractivity (Wildman–Crippen MR) is 98.3 cm³/mol. The van der Waals surface area contributed by atoms with Crippen molar-refractivity contribution in [3.05, 3.63) is 47.5 Å². The van der Waals surface area contributed by atoms with Crippen LogP contribution in [0.25, 0.3) is 0 Å². The lowest BCUT2D eigenvalue weighted by molar-refractivity contribution is -0.119. The number of hydrogen-bond donors (Lipinski definition) is 0. The smallest absolute Gasteiger partial charge is 0.310 e. The Bertz CT molecular complexity index is 807. The van der Waals surface area contributed by atoms with Gasteiger partial charge in [0.2, 0.25) is 5.91 Å². The van der Waals surface area contributed by atoms with Crippen LogP contribution in [0.4, 0.5) is 14.5 Å². The minimum atomic E-state index is -2.67. The van der Waals surface area contributed by atoms with Gasteiger partial charge in [-0.1, -0.05) is 6.07 Å². The number of hydrogen-bond acceptors (Lipinski definition) is 4. The van der Waals surface area contributed by atoms with Crippen molar-refractivity contribution in [3.8, 4) is 6.07 Å². The van der Waals surface area contributed by atoms with E-state index in [0.717, 1.165) is 21.4 Å². The molecule has 6 nitrogen and oxygen atoms in total. The lowest BCUT2D eigenvalue weighted by Crippen LogP contribution is -2.39. The maximum Gasteiger partial charge on any atom is 0.319 e. The van der Waals surface area contributed by atoms with Crippen LogP contribution in [0.1, 0.15) is 29.9 Å². The number of anilines is 1. The summed E-state index contributed by atoms with van der Waals surface area (Å²) in [6.45, 7) is 1.63. The molecule has 144 valence electrons. The summed E-state index contributed by atoms with van der Waals surface area (Å²) in [5.74, 6) is -0.0109. The van der Waals surface area contributed by atoms with E-state index >= 15 is 0 Å². The molecule has 0 radical (unpaired) electrons. The molecule has 0 unspecified atom stereocenters. The average molecular weight is 375 g/mol. The molecule has 0 spiro atoms. The van der Waals surface area contributed by atoms with Crippen LogP contribution in [0.3, 0.4) is 0 Å². The van der Waals surface area contributed by atoms with Crippen LogP contribution in [0, 0.1) is 25.2 Å². The third-order valence-electron chi connectivity index (χ3n) is 4.04. The maximum absolute atomic E-state index is 12.9. The number of nitrogens with zero attached hydrogens (tertiary/aromatic N) is 5. The van der Waals surface area contributed by atoms with E-state index in [1.165, 1.54) is 12.4 Å². The Morgan fingerprint density at radius 1 is 1.30 bits per heavy atom. The van der Waals surface area contributed by atoms with E-state index in [9.17, 15) is 13.6 Å². The van der Waals surface area contributed by atoms with Gasteiger partial charge in [-0.05, 0) is 44.2 Å². The molecule has 0 saturated carbocycles. The number of aryl methyl sites for hydroxylation is 2. The number of amides is 1. The number of aromatic nitrogens is 2. The van der Waals surface area contributed by atoms with Gasteiger partial charge in [0, 0.05) is 24.6 Å². The summed E-state index contributed by atoms with van der Waals surface area (Å²) in [4.78, 5) is 20.0. The molecule has 0 fully saturated rings. The summed E-state index contributed by atoms with van der Waals surface area (Å²) >= 11 is 0. The van der Waals surface area contributed by atoms with Gasteiger partial charge in [-0.2, -0.15) is 14.0 Å². The SMILES string of the molecule is Cc1cc(C)cc(N(CCC#N)C(=O)CN(C)Cc2nccn2C(F)F)c1. The third kappa shape index (κ3) is 5.59. The van der Waals surface area contributed by atoms with E-state index < -0.39 is 6.55 Å². The molecular weight excluding hydrogens is 352 g/mol. The summed E-state index contributed by atoms with van der Waals surface area (Å²) in [5.41, 5.74) is 2.77. The molecule has 2 rings (SSSR count). The van der Waals surface area contributed by atoms with Crippen molar-refractivity contribution in [3.63, 3.8) is 0 Å². The summed E-state index contributed by atoms with van der Waals surface area (Å²) in [7, 11) is 1.67. The van der Waals surface area contributed by atoms with Crippen molar-refractivity contribution in [1.29, 1.82) is 5.26 Å². The molecule has 1 heterocycles. The van der Waals surface area contributed by atoms with Gasteiger partial charge in [-0.3, -0.25) is 14.3 Å². The fraction of sp³-hybridized carbons (Fsp3) is 0.421. The zero-order chi connectivity index (χ0) is 20.0. The first-order valence-corrected chi connectivity index (χ1v) is 8.56. The number of likely N-dealkylation sites (N-methyl/N-ethyl adjacent to an activating group) is 1. The average Bonchev–Trinajstić information content (AvgIpc) is 3.02. The molecular formula is C19H23F2N5O. The van der Waals surface area contributed by atoms with Gasteiger partial charge in [0.15, 0.2) is 0 Å². The third-order valence-corrected chi connectivity index (χ3v) is 4.04. The second-order valence-corrected chi connectivity index (χ2v) is 6.50. The second kappa shape index (κ2) is 9.24. The van der Waals surface area contributed by atoms with Crippen molar-refractivity contribution in [2.45, 2.75) is 33.4 Å². The largest absolute Gasteiger partial charge is 0.319 e. The van der Waals surface area contributed by atoms with Gasteiger partial charge in [0.1, 0.15) is 5.82 Å².